The summed E-state index contributed by atoms with van der Waals surface area (Å²) in [7, 11) is 1.44. The van der Waals surface area contributed by atoms with Crippen LogP contribution in [0.1, 0.15) is 45.7 Å². The minimum atomic E-state index is -1.12. The van der Waals surface area contributed by atoms with E-state index < -0.39 is 29.7 Å². The number of amides is 2. The summed E-state index contributed by atoms with van der Waals surface area (Å²) in [5.41, 5.74) is 2.44. The van der Waals surface area contributed by atoms with E-state index in [9.17, 15) is 19.6 Å². The lowest BCUT2D eigenvalue weighted by Gasteiger charge is -2.27. The van der Waals surface area contributed by atoms with Crippen LogP contribution in [-0.4, -0.2) is 35.8 Å². The molecule has 3 aromatic carbocycles. The first-order valence-corrected chi connectivity index (χ1v) is 11.4. The summed E-state index contributed by atoms with van der Waals surface area (Å²) < 4.78 is 11.1. The van der Waals surface area contributed by atoms with Gasteiger partial charge in [-0.15, -0.1) is 0 Å². The van der Waals surface area contributed by atoms with Crippen LogP contribution < -0.4 is 9.47 Å². The lowest BCUT2D eigenvalue weighted by Crippen LogP contribution is -2.49. The van der Waals surface area contributed by atoms with Gasteiger partial charge in [-0.3, -0.25) is 14.5 Å². The van der Waals surface area contributed by atoms with Crippen LogP contribution in [0.25, 0.3) is 11.6 Å². The van der Waals surface area contributed by atoms with Crippen LogP contribution in [0, 0.1) is 17.2 Å². The fourth-order valence-electron chi connectivity index (χ4n) is 4.13. The molecule has 1 aliphatic rings. The van der Waals surface area contributed by atoms with Crippen molar-refractivity contribution in [2.45, 2.75) is 19.9 Å². The maximum absolute atomic E-state index is 13.3. The largest absolute Gasteiger partial charge is 0.493 e. The predicted octanol–water partition coefficient (Wildman–Crippen LogP) is 4.99. The Morgan fingerprint density at radius 1 is 0.917 bits per heavy atom. The first-order chi connectivity index (χ1) is 17.3. The van der Waals surface area contributed by atoms with Crippen LogP contribution in [0.5, 0.6) is 11.5 Å². The number of carbonyl (C=O) groups excluding carboxylic acids is 3. The van der Waals surface area contributed by atoms with Gasteiger partial charge >= 0.3 is 5.97 Å². The van der Waals surface area contributed by atoms with Gasteiger partial charge < -0.3 is 9.47 Å². The van der Waals surface area contributed by atoms with Crippen molar-refractivity contribution >= 4 is 29.4 Å². The van der Waals surface area contributed by atoms with E-state index in [2.05, 4.69) is 6.07 Å². The molecule has 36 heavy (non-hydrogen) atoms. The maximum atomic E-state index is 13.3. The average Bonchev–Trinajstić information content (AvgIpc) is 3.13. The smallest absolute Gasteiger partial charge is 0.335 e. The molecule has 180 valence electrons. The van der Waals surface area contributed by atoms with Crippen molar-refractivity contribution < 1.29 is 23.9 Å². The normalized spacial score (nSPS) is 13.9. The maximum Gasteiger partial charge on any atom is 0.335 e. The number of imide groups is 1. The van der Waals surface area contributed by atoms with Crippen LogP contribution in [0.15, 0.2) is 72.8 Å². The zero-order valence-corrected chi connectivity index (χ0v) is 20.1. The summed E-state index contributed by atoms with van der Waals surface area (Å²) in [5, 5.41) is 9.59. The summed E-state index contributed by atoms with van der Waals surface area (Å²) in [4.78, 5) is 40.2. The van der Waals surface area contributed by atoms with E-state index in [1.54, 1.807) is 62.4 Å². The van der Waals surface area contributed by atoms with E-state index in [0.29, 0.717) is 11.1 Å². The number of fused-ring (bicyclic) bond motifs is 1. The van der Waals surface area contributed by atoms with Gasteiger partial charge in [0.25, 0.3) is 11.8 Å². The highest BCUT2D eigenvalue weighted by atomic mass is 16.6. The van der Waals surface area contributed by atoms with Gasteiger partial charge in [-0.05, 0) is 47.4 Å². The predicted molar refractivity (Wildman–Crippen MR) is 134 cm³/mol. The summed E-state index contributed by atoms with van der Waals surface area (Å²) in [6, 6.07) is 21.7. The van der Waals surface area contributed by atoms with E-state index in [4.69, 9.17) is 9.47 Å². The minimum absolute atomic E-state index is 0.139. The highest BCUT2D eigenvalue weighted by molar-refractivity contribution is 6.22. The standard InChI is InChI=1S/C29H24N2O5/c1-18(2)26(31-27(32)22-11-7-8-12-23(22)28(31)33)29(34)36-24-14-13-19(16-25(24)35-3)15-21(17-30)20-9-5-4-6-10-20/h4-16,18,26H,1-3H3. The second-order valence-electron chi connectivity index (χ2n) is 8.58. The molecule has 3 aromatic rings. The van der Waals surface area contributed by atoms with Crippen LogP contribution in [-0.2, 0) is 4.79 Å². The molecule has 4 rings (SSSR count). The van der Waals surface area contributed by atoms with E-state index in [-0.39, 0.29) is 22.6 Å². The molecule has 7 heteroatoms. The van der Waals surface area contributed by atoms with Crippen LogP contribution in [0.2, 0.25) is 0 Å². The fraction of sp³-hybridized carbons (Fsp3) is 0.172. The second-order valence-corrected chi connectivity index (χ2v) is 8.58. The number of methoxy groups -OCH3 is 1. The van der Waals surface area contributed by atoms with E-state index in [1.165, 1.54) is 7.11 Å². The lowest BCUT2D eigenvalue weighted by atomic mass is 10.0. The quantitative estimate of drug-likeness (QED) is 0.155. The van der Waals surface area contributed by atoms with Gasteiger partial charge in [-0.1, -0.05) is 62.4 Å². The van der Waals surface area contributed by atoms with Crippen LogP contribution in [0.3, 0.4) is 0 Å². The Morgan fingerprint density at radius 3 is 2.08 bits per heavy atom. The minimum Gasteiger partial charge on any atom is -0.493 e. The van der Waals surface area contributed by atoms with E-state index in [1.807, 2.05) is 30.3 Å². The number of hydrogen-bond acceptors (Lipinski definition) is 6. The highest BCUT2D eigenvalue weighted by Gasteiger charge is 2.45. The molecule has 1 unspecified atom stereocenters. The molecule has 0 saturated heterocycles. The zero-order valence-electron chi connectivity index (χ0n) is 20.1. The number of allylic oxidation sites excluding steroid dienone is 1. The third kappa shape index (κ3) is 4.62. The molecule has 7 nitrogen and oxygen atoms in total. The van der Waals surface area contributed by atoms with Crippen LogP contribution in [0.4, 0.5) is 0 Å². The molecule has 0 fully saturated rings. The lowest BCUT2D eigenvalue weighted by molar-refractivity contribution is -0.140. The molecule has 1 aliphatic heterocycles. The Labute approximate surface area is 209 Å². The Morgan fingerprint density at radius 2 is 1.53 bits per heavy atom. The molecule has 1 heterocycles. The zero-order chi connectivity index (χ0) is 25.8. The molecular weight excluding hydrogens is 456 g/mol. The molecule has 0 aliphatic carbocycles. The number of nitrogens with zero attached hydrogens (tertiary/aromatic N) is 2. The topological polar surface area (TPSA) is 96.7 Å². The molecule has 0 spiro atoms. The number of esters is 1. The Balaban J connectivity index is 1.61. The first kappa shape index (κ1) is 24.4. The Hall–Kier alpha value is -4.70. The molecule has 0 N–H and O–H groups in total. The monoisotopic (exact) mass is 480 g/mol. The molecule has 2 amide bonds. The van der Waals surface area contributed by atoms with Gasteiger partial charge in [0.05, 0.1) is 29.9 Å². The van der Waals surface area contributed by atoms with Gasteiger partial charge in [0, 0.05) is 0 Å². The van der Waals surface area contributed by atoms with Crippen LogP contribution >= 0.6 is 0 Å². The molecule has 0 radical (unpaired) electrons. The summed E-state index contributed by atoms with van der Waals surface area (Å²) >= 11 is 0. The number of ether oxygens (including phenoxy) is 2. The van der Waals surface area contributed by atoms with E-state index in [0.717, 1.165) is 10.5 Å². The molecular formula is C29H24N2O5. The highest BCUT2D eigenvalue weighted by Crippen LogP contribution is 2.32. The SMILES string of the molecule is COc1cc(C=C(C#N)c2ccccc2)ccc1OC(=O)C(C(C)C)N1C(=O)c2ccccc2C1=O. The molecule has 0 saturated carbocycles. The van der Waals surface area contributed by atoms with Crippen molar-refractivity contribution in [2.24, 2.45) is 5.92 Å². The van der Waals surface area contributed by atoms with E-state index >= 15 is 0 Å². The van der Waals surface area contributed by atoms with Gasteiger partial charge in [-0.2, -0.15) is 5.26 Å². The molecule has 1 atom stereocenters. The molecule has 0 aromatic heterocycles. The average molecular weight is 481 g/mol. The summed E-state index contributed by atoms with van der Waals surface area (Å²) in [6.07, 6.45) is 1.71. The Kier molecular flexibility index (Phi) is 6.98. The third-order valence-corrected chi connectivity index (χ3v) is 5.89. The number of rotatable bonds is 7. The van der Waals surface area contributed by atoms with Gasteiger partial charge in [0.15, 0.2) is 11.5 Å². The summed E-state index contributed by atoms with van der Waals surface area (Å²) in [6.45, 7) is 3.49. The third-order valence-electron chi connectivity index (χ3n) is 5.89. The van der Waals surface area contributed by atoms with Gasteiger partial charge in [-0.25, -0.2) is 4.79 Å². The summed E-state index contributed by atoms with van der Waals surface area (Å²) in [5.74, 6) is -1.78. The number of nitriles is 1. The molecule has 0 bridgehead atoms. The number of hydrogen-bond donors (Lipinski definition) is 0. The van der Waals surface area contributed by atoms with Crippen molar-refractivity contribution in [1.82, 2.24) is 4.90 Å². The van der Waals surface area contributed by atoms with Gasteiger partial charge in [0.1, 0.15) is 6.04 Å². The number of carbonyl (C=O) groups is 3. The number of benzene rings is 3. The van der Waals surface area contributed by atoms with Crippen molar-refractivity contribution in [3.8, 4) is 17.6 Å². The second kappa shape index (κ2) is 10.3. The Bertz CT molecular complexity index is 1370. The fourth-order valence-corrected chi connectivity index (χ4v) is 4.13. The van der Waals surface area contributed by atoms with Gasteiger partial charge in [0.2, 0.25) is 0 Å². The van der Waals surface area contributed by atoms with Crippen molar-refractivity contribution in [2.75, 3.05) is 7.11 Å². The first-order valence-electron chi connectivity index (χ1n) is 11.4. The van der Waals surface area contributed by atoms with Crippen molar-refractivity contribution in [3.63, 3.8) is 0 Å². The van der Waals surface area contributed by atoms with Crippen molar-refractivity contribution in [1.29, 1.82) is 5.26 Å². The van der Waals surface area contributed by atoms with Crippen molar-refractivity contribution in [3.05, 3.63) is 95.1 Å².